The molecule has 1 fully saturated rings. The second-order valence-electron chi connectivity index (χ2n) is 5.45. The molecule has 1 N–H and O–H groups in total. The molecule has 1 aromatic carbocycles. The number of rotatable bonds is 4. The molecule has 0 amide bonds. The number of benzene rings is 1. The Kier molecular flexibility index (Phi) is 4.63. The van der Waals surface area contributed by atoms with Gasteiger partial charge in [-0.1, -0.05) is 6.07 Å². The number of aromatic nitrogens is 1. The van der Waals surface area contributed by atoms with E-state index in [4.69, 9.17) is 4.74 Å². The largest absolute Gasteiger partial charge is 0.473 e. The second-order valence-corrected chi connectivity index (χ2v) is 5.45. The molecular formula is C17H18F2N2O. The fraction of sp³-hybridized carbons (Fsp3) is 0.353. The average molecular weight is 304 g/mol. The zero-order chi connectivity index (χ0) is 15.4. The molecule has 1 aliphatic heterocycles. The van der Waals surface area contributed by atoms with E-state index in [0.717, 1.165) is 49.8 Å². The summed E-state index contributed by atoms with van der Waals surface area (Å²) in [5, 5.41) is 3.32. The molecule has 116 valence electrons. The Bertz CT molecular complexity index is 642. The molecule has 3 nitrogen and oxygen atoms in total. The van der Waals surface area contributed by atoms with Gasteiger partial charge in [-0.25, -0.2) is 13.8 Å². The molecule has 1 saturated heterocycles. The lowest BCUT2D eigenvalue weighted by molar-refractivity contribution is 0.285. The predicted octanol–water partition coefficient (Wildman–Crippen LogP) is 3.41. The van der Waals surface area contributed by atoms with Crippen molar-refractivity contribution in [3.05, 3.63) is 59.3 Å². The summed E-state index contributed by atoms with van der Waals surface area (Å²) in [6.07, 6.45) is 2.10. The van der Waals surface area contributed by atoms with E-state index in [1.807, 2.05) is 12.1 Å². The van der Waals surface area contributed by atoms with E-state index >= 15 is 0 Å². The van der Waals surface area contributed by atoms with Crippen molar-refractivity contribution < 1.29 is 13.5 Å². The van der Waals surface area contributed by atoms with E-state index < -0.39 is 11.6 Å². The van der Waals surface area contributed by atoms with Crippen LogP contribution in [0.25, 0.3) is 0 Å². The summed E-state index contributed by atoms with van der Waals surface area (Å²) in [4.78, 5) is 4.50. The van der Waals surface area contributed by atoms with Crippen LogP contribution in [-0.4, -0.2) is 18.1 Å². The first-order valence-electron chi connectivity index (χ1n) is 7.47. The molecule has 0 radical (unpaired) electrons. The smallest absolute Gasteiger partial charge is 0.213 e. The number of nitrogens with zero attached hydrogens (tertiary/aromatic N) is 1. The van der Waals surface area contributed by atoms with Crippen molar-refractivity contribution in [2.24, 2.45) is 0 Å². The van der Waals surface area contributed by atoms with Gasteiger partial charge in [0.25, 0.3) is 0 Å². The highest BCUT2D eigenvalue weighted by molar-refractivity contribution is 5.21. The molecule has 3 rings (SSSR count). The van der Waals surface area contributed by atoms with Gasteiger partial charge in [0.15, 0.2) is 0 Å². The molecule has 0 spiro atoms. The summed E-state index contributed by atoms with van der Waals surface area (Å²) < 4.78 is 32.2. The lowest BCUT2D eigenvalue weighted by atomic mass is 9.94. The molecule has 5 heteroatoms. The number of piperidine rings is 1. The van der Waals surface area contributed by atoms with Gasteiger partial charge in [0, 0.05) is 23.2 Å². The van der Waals surface area contributed by atoms with Gasteiger partial charge in [0.2, 0.25) is 5.88 Å². The number of hydrogen-bond acceptors (Lipinski definition) is 3. The third-order valence-electron chi connectivity index (χ3n) is 3.89. The summed E-state index contributed by atoms with van der Waals surface area (Å²) in [5.74, 6) is -0.0808. The van der Waals surface area contributed by atoms with Gasteiger partial charge in [0.1, 0.15) is 18.2 Å². The van der Waals surface area contributed by atoms with Crippen molar-refractivity contribution in [3.63, 3.8) is 0 Å². The normalized spacial score (nSPS) is 15.7. The Hall–Kier alpha value is -2.01. The molecule has 22 heavy (non-hydrogen) atoms. The van der Waals surface area contributed by atoms with Crippen LogP contribution >= 0.6 is 0 Å². The Morgan fingerprint density at radius 2 is 1.95 bits per heavy atom. The van der Waals surface area contributed by atoms with Gasteiger partial charge >= 0.3 is 0 Å². The molecule has 1 aromatic heterocycles. The first kappa shape index (κ1) is 14.9. The molecule has 0 saturated carbocycles. The Morgan fingerprint density at radius 3 is 2.77 bits per heavy atom. The van der Waals surface area contributed by atoms with Crippen LogP contribution in [0.3, 0.4) is 0 Å². The van der Waals surface area contributed by atoms with Crippen LogP contribution in [-0.2, 0) is 6.61 Å². The monoisotopic (exact) mass is 304 g/mol. The summed E-state index contributed by atoms with van der Waals surface area (Å²) in [6.45, 7) is 1.95. The van der Waals surface area contributed by atoms with Crippen LogP contribution in [0.5, 0.6) is 5.88 Å². The van der Waals surface area contributed by atoms with Gasteiger partial charge in [-0.3, -0.25) is 0 Å². The Morgan fingerprint density at radius 1 is 1.14 bits per heavy atom. The fourth-order valence-corrected chi connectivity index (χ4v) is 2.66. The zero-order valence-electron chi connectivity index (χ0n) is 12.2. The van der Waals surface area contributed by atoms with E-state index in [-0.39, 0.29) is 12.2 Å². The summed E-state index contributed by atoms with van der Waals surface area (Å²) in [6, 6.07) is 8.96. The number of hydrogen-bond donors (Lipinski definition) is 1. The van der Waals surface area contributed by atoms with Crippen molar-refractivity contribution in [3.8, 4) is 5.88 Å². The van der Waals surface area contributed by atoms with Crippen LogP contribution in [0, 0.1) is 11.6 Å². The van der Waals surface area contributed by atoms with Crippen molar-refractivity contribution in [2.45, 2.75) is 25.4 Å². The van der Waals surface area contributed by atoms with Crippen LogP contribution in [0.1, 0.15) is 30.0 Å². The van der Waals surface area contributed by atoms with Gasteiger partial charge in [-0.15, -0.1) is 0 Å². The van der Waals surface area contributed by atoms with Gasteiger partial charge < -0.3 is 10.1 Å². The van der Waals surface area contributed by atoms with Crippen molar-refractivity contribution >= 4 is 0 Å². The Labute approximate surface area is 128 Å². The maximum absolute atomic E-state index is 13.6. The minimum Gasteiger partial charge on any atom is -0.473 e. The molecule has 0 atom stereocenters. The third kappa shape index (κ3) is 3.60. The summed E-state index contributed by atoms with van der Waals surface area (Å²) >= 11 is 0. The van der Waals surface area contributed by atoms with Gasteiger partial charge in [-0.2, -0.15) is 0 Å². The predicted molar refractivity (Wildman–Crippen MR) is 79.8 cm³/mol. The van der Waals surface area contributed by atoms with Crippen LogP contribution in [0.15, 0.2) is 36.4 Å². The van der Waals surface area contributed by atoms with Crippen molar-refractivity contribution in [1.82, 2.24) is 10.3 Å². The van der Waals surface area contributed by atoms with E-state index in [9.17, 15) is 8.78 Å². The maximum atomic E-state index is 13.6. The van der Waals surface area contributed by atoms with Crippen LogP contribution in [0.4, 0.5) is 8.78 Å². The molecular weight excluding hydrogens is 286 g/mol. The summed E-state index contributed by atoms with van der Waals surface area (Å²) in [7, 11) is 0. The third-order valence-corrected chi connectivity index (χ3v) is 3.89. The molecule has 2 aromatic rings. The minimum absolute atomic E-state index is 0.0354. The van der Waals surface area contributed by atoms with Crippen LogP contribution < -0.4 is 10.1 Å². The highest BCUT2D eigenvalue weighted by Crippen LogP contribution is 2.25. The van der Waals surface area contributed by atoms with Crippen molar-refractivity contribution in [1.29, 1.82) is 0 Å². The summed E-state index contributed by atoms with van der Waals surface area (Å²) in [5.41, 5.74) is 1.19. The highest BCUT2D eigenvalue weighted by Gasteiger charge is 2.16. The minimum atomic E-state index is -0.476. The average Bonchev–Trinajstić information content (AvgIpc) is 2.57. The standard InChI is InChI=1S/C17H18F2N2O/c18-14-4-5-15(19)13(10-14)11-22-17-3-1-2-16(21-17)12-6-8-20-9-7-12/h1-5,10,12,20H,6-9,11H2. The zero-order valence-corrected chi connectivity index (χ0v) is 12.2. The topological polar surface area (TPSA) is 34.1 Å². The molecule has 0 bridgehead atoms. The van der Waals surface area contributed by atoms with E-state index in [1.165, 1.54) is 0 Å². The van der Waals surface area contributed by atoms with E-state index in [0.29, 0.717) is 11.8 Å². The molecule has 0 unspecified atom stereocenters. The number of pyridine rings is 1. The van der Waals surface area contributed by atoms with Crippen LogP contribution in [0.2, 0.25) is 0 Å². The van der Waals surface area contributed by atoms with Gasteiger partial charge in [-0.05, 0) is 50.2 Å². The maximum Gasteiger partial charge on any atom is 0.213 e. The first-order valence-corrected chi connectivity index (χ1v) is 7.47. The first-order chi connectivity index (χ1) is 10.7. The number of halogens is 2. The molecule has 1 aliphatic rings. The number of ether oxygens (including phenoxy) is 1. The highest BCUT2D eigenvalue weighted by atomic mass is 19.1. The fourth-order valence-electron chi connectivity index (χ4n) is 2.66. The van der Waals surface area contributed by atoms with Gasteiger partial charge in [0.05, 0.1) is 0 Å². The lowest BCUT2D eigenvalue weighted by Gasteiger charge is -2.22. The number of nitrogens with one attached hydrogen (secondary N) is 1. The van der Waals surface area contributed by atoms with Crippen molar-refractivity contribution in [2.75, 3.05) is 13.1 Å². The molecule has 0 aliphatic carbocycles. The second kappa shape index (κ2) is 6.83. The quantitative estimate of drug-likeness (QED) is 0.940. The Balaban J connectivity index is 1.68. The SMILES string of the molecule is Fc1ccc(F)c(COc2cccc(C3CCNCC3)n2)c1. The lowest BCUT2D eigenvalue weighted by Crippen LogP contribution is -2.27. The van der Waals surface area contributed by atoms with E-state index in [2.05, 4.69) is 10.3 Å². The van der Waals surface area contributed by atoms with E-state index in [1.54, 1.807) is 6.07 Å². The molecule has 2 heterocycles.